The van der Waals surface area contributed by atoms with E-state index < -0.39 is 0 Å². The number of nitrogens with zero attached hydrogens (tertiary/aromatic N) is 2. The molecule has 0 bridgehead atoms. The van der Waals surface area contributed by atoms with Crippen molar-refractivity contribution in [3.63, 3.8) is 0 Å². The molecule has 1 aliphatic rings. The highest BCUT2D eigenvalue weighted by Gasteiger charge is 2.20. The van der Waals surface area contributed by atoms with Crippen LogP contribution >= 0.6 is 11.8 Å². The Bertz CT molecular complexity index is 447. The monoisotopic (exact) mass is 310 g/mol. The second kappa shape index (κ2) is 8.36. The van der Waals surface area contributed by atoms with Gasteiger partial charge in [0, 0.05) is 31.8 Å². The lowest BCUT2D eigenvalue weighted by Gasteiger charge is -2.31. The van der Waals surface area contributed by atoms with Gasteiger partial charge in [0.25, 0.3) is 0 Å². The molecular weight excluding hydrogens is 288 g/mol. The predicted octanol–water partition coefficient (Wildman–Crippen LogP) is 1.96. The zero-order chi connectivity index (χ0) is 15.1. The van der Waals surface area contributed by atoms with Crippen molar-refractivity contribution in [2.45, 2.75) is 25.6 Å². The van der Waals surface area contributed by atoms with E-state index in [1.54, 1.807) is 6.20 Å². The van der Waals surface area contributed by atoms with Crippen molar-refractivity contribution >= 4 is 16.9 Å². The van der Waals surface area contributed by atoms with Gasteiger partial charge in [-0.25, -0.2) is 4.98 Å². The van der Waals surface area contributed by atoms with E-state index in [0.717, 1.165) is 31.9 Å². The fraction of sp³-hybridized carbons (Fsp3) is 0.600. The van der Waals surface area contributed by atoms with Crippen molar-refractivity contribution in [2.24, 2.45) is 0 Å². The minimum atomic E-state index is 0.167. The fourth-order valence-electron chi connectivity index (χ4n) is 2.16. The van der Waals surface area contributed by atoms with Gasteiger partial charge in [0.2, 0.25) is 5.88 Å². The van der Waals surface area contributed by atoms with E-state index in [1.165, 1.54) is 11.8 Å². The number of rotatable bonds is 6. The maximum absolute atomic E-state index is 12.1. The van der Waals surface area contributed by atoms with Crippen LogP contribution in [0.2, 0.25) is 0 Å². The number of morpholine rings is 1. The highest BCUT2D eigenvalue weighted by atomic mass is 32.2. The zero-order valence-electron chi connectivity index (χ0n) is 12.6. The van der Waals surface area contributed by atoms with Gasteiger partial charge in [-0.1, -0.05) is 17.8 Å². The van der Waals surface area contributed by atoms with Crippen LogP contribution in [0, 0.1) is 0 Å². The number of hydrogen-bond acceptors (Lipinski definition) is 6. The third kappa shape index (κ3) is 5.30. The number of thioether (sulfide) groups is 1. The lowest BCUT2D eigenvalue weighted by atomic mass is 10.2. The van der Waals surface area contributed by atoms with Crippen molar-refractivity contribution in [1.29, 1.82) is 0 Å². The van der Waals surface area contributed by atoms with Gasteiger partial charge in [-0.15, -0.1) is 0 Å². The molecule has 6 heteroatoms. The van der Waals surface area contributed by atoms with Crippen molar-refractivity contribution in [3.05, 3.63) is 23.9 Å². The van der Waals surface area contributed by atoms with E-state index in [1.807, 2.05) is 19.1 Å². The van der Waals surface area contributed by atoms with Crippen molar-refractivity contribution in [2.75, 3.05) is 32.9 Å². The maximum Gasteiger partial charge on any atom is 0.213 e. The Morgan fingerprint density at radius 1 is 1.48 bits per heavy atom. The summed E-state index contributed by atoms with van der Waals surface area (Å²) in [4.78, 5) is 18.6. The van der Waals surface area contributed by atoms with Gasteiger partial charge in [-0.3, -0.25) is 9.69 Å². The van der Waals surface area contributed by atoms with Crippen molar-refractivity contribution in [3.8, 4) is 5.88 Å². The largest absolute Gasteiger partial charge is 0.478 e. The average Bonchev–Trinajstić information content (AvgIpc) is 2.50. The predicted molar refractivity (Wildman–Crippen MR) is 83.6 cm³/mol. The van der Waals surface area contributed by atoms with Crippen LogP contribution in [-0.4, -0.2) is 53.3 Å². The quantitative estimate of drug-likeness (QED) is 0.800. The molecule has 0 aromatic carbocycles. The van der Waals surface area contributed by atoms with E-state index in [-0.39, 0.29) is 10.5 Å². The number of ether oxygens (including phenoxy) is 2. The standard InChI is InChI=1S/C15H22N2O3S/c1-3-20-14-5-4-13(11-16-14)10-15(18)21-12(2)17-6-8-19-9-7-17/h4-5,11-12H,3,6-10H2,1-2H3. The van der Waals surface area contributed by atoms with Crippen LogP contribution in [0.3, 0.4) is 0 Å². The summed E-state index contributed by atoms with van der Waals surface area (Å²) in [5.74, 6) is 0.600. The van der Waals surface area contributed by atoms with Crippen LogP contribution in [0.15, 0.2) is 18.3 Å². The third-order valence-electron chi connectivity index (χ3n) is 3.30. The molecule has 0 amide bonds. The minimum absolute atomic E-state index is 0.167. The van der Waals surface area contributed by atoms with E-state index in [9.17, 15) is 4.79 Å². The number of aromatic nitrogens is 1. The van der Waals surface area contributed by atoms with Crippen LogP contribution in [0.4, 0.5) is 0 Å². The Morgan fingerprint density at radius 3 is 2.86 bits per heavy atom. The van der Waals surface area contributed by atoms with Gasteiger partial charge >= 0.3 is 0 Å². The Balaban J connectivity index is 1.80. The van der Waals surface area contributed by atoms with Gasteiger partial charge in [0.1, 0.15) is 0 Å². The first-order chi connectivity index (χ1) is 10.2. The molecule has 1 fully saturated rings. The molecule has 0 saturated carbocycles. The second-order valence-electron chi connectivity index (χ2n) is 4.85. The summed E-state index contributed by atoms with van der Waals surface area (Å²) in [5.41, 5.74) is 0.921. The summed E-state index contributed by atoms with van der Waals surface area (Å²) in [7, 11) is 0. The Kier molecular flexibility index (Phi) is 6.48. The smallest absolute Gasteiger partial charge is 0.213 e. The summed E-state index contributed by atoms with van der Waals surface area (Å²) >= 11 is 1.39. The second-order valence-corrected chi connectivity index (χ2v) is 6.23. The first-order valence-electron chi connectivity index (χ1n) is 7.28. The van der Waals surface area contributed by atoms with Crippen LogP contribution in [0.1, 0.15) is 19.4 Å². The Morgan fingerprint density at radius 2 is 2.24 bits per heavy atom. The summed E-state index contributed by atoms with van der Waals surface area (Å²) < 4.78 is 10.6. The summed E-state index contributed by atoms with van der Waals surface area (Å²) in [6.45, 7) is 7.88. The number of hydrogen-bond donors (Lipinski definition) is 0. The first-order valence-corrected chi connectivity index (χ1v) is 8.16. The van der Waals surface area contributed by atoms with Crippen molar-refractivity contribution < 1.29 is 14.3 Å². The molecule has 1 aliphatic heterocycles. The van der Waals surface area contributed by atoms with Gasteiger partial charge in [0.05, 0.1) is 25.2 Å². The molecule has 2 rings (SSSR count). The molecule has 0 radical (unpaired) electrons. The number of carbonyl (C=O) groups is 1. The Labute approximate surface area is 130 Å². The summed E-state index contributed by atoms with van der Waals surface area (Å²) in [6, 6.07) is 3.71. The SMILES string of the molecule is CCOc1ccc(CC(=O)SC(C)N2CCOCC2)cn1. The minimum Gasteiger partial charge on any atom is -0.478 e. The molecule has 21 heavy (non-hydrogen) atoms. The maximum atomic E-state index is 12.1. The van der Waals surface area contributed by atoms with Gasteiger partial charge in [-0.05, 0) is 19.4 Å². The summed E-state index contributed by atoms with van der Waals surface area (Å²) in [5, 5.41) is 0.358. The van der Waals surface area contributed by atoms with E-state index in [2.05, 4.69) is 16.8 Å². The molecule has 0 N–H and O–H groups in total. The lowest BCUT2D eigenvalue weighted by Crippen LogP contribution is -2.41. The van der Waals surface area contributed by atoms with Gasteiger partial charge in [-0.2, -0.15) is 0 Å². The zero-order valence-corrected chi connectivity index (χ0v) is 13.4. The molecule has 0 spiro atoms. The Hall–Kier alpha value is -1.11. The molecule has 5 nitrogen and oxygen atoms in total. The van der Waals surface area contributed by atoms with Crippen LogP contribution in [-0.2, 0) is 16.0 Å². The molecule has 1 atom stereocenters. The highest BCUT2D eigenvalue weighted by molar-refractivity contribution is 8.14. The molecule has 1 unspecified atom stereocenters. The average molecular weight is 310 g/mol. The molecule has 0 aliphatic carbocycles. The highest BCUT2D eigenvalue weighted by Crippen LogP contribution is 2.20. The molecule has 2 heterocycles. The van der Waals surface area contributed by atoms with E-state index in [0.29, 0.717) is 18.9 Å². The van der Waals surface area contributed by atoms with Gasteiger partial charge < -0.3 is 9.47 Å². The lowest BCUT2D eigenvalue weighted by molar-refractivity contribution is -0.110. The summed E-state index contributed by atoms with van der Waals surface area (Å²) in [6.07, 6.45) is 2.11. The number of carbonyl (C=O) groups excluding carboxylic acids is 1. The van der Waals surface area contributed by atoms with Crippen molar-refractivity contribution in [1.82, 2.24) is 9.88 Å². The number of pyridine rings is 1. The van der Waals surface area contributed by atoms with Gasteiger partial charge in [0.15, 0.2) is 5.12 Å². The molecular formula is C15H22N2O3S. The molecule has 1 aromatic rings. The third-order valence-corrected chi connectivity index (χ3v) is 4.35. The topological polar surface area (TPSA) is 51.7 Å². The van der Waals surface area contributed by atoms with E-state index >= 15 is 0 Å². The van der Waals surface area contributed by atoms with Crippen LogP contribution in [0.25, 0.3) is 0 Å². The first kappa shape index (κ1) is 16.3. The van der Waals surface area contributed by atoms with E-state index in [4.69, 9.17) is 9.47 Å². The molecule has 1 saturated heterocycles. The molecule has 116 valence electrons. The normalized spacial score (nSPS) is 17.4. The fourth-order valence-corrected chi connectivity index (χ4v) is 3.15. The van der Waals surface area contributed by atoms with Crippen LogP contribution in [0.5, 0.6) is 5.88 Å². The molecule has 1 aromatic heterocycles. The van der Waals surface area contributed by atoms with Crippen LogP contribution < -0.4 is 4.74 Å².